The van der Waals surface area contributed by atoms with Crippen LogP contribution < -0.4 is 14.9 Å². The van der Waals surface area contributed by atoms with Crippen molar-refractivity contribution in [3.63, 3.8) is 0 Å². The largest absolute Gasteiger partial charge is 0.493 e. The monoisotopic (exact) mass is 354 g/mol. The van der Waals surface area contributed by atoms with Gasteiger partial charge in [-0.2, -0.15) is 0 Å². The van der Waals surface area contributed by atoms with Crippen LogP contribution in [0.3, 0.4) is 0 Å². The van der Waals surface area contributed by atoms with Crippen molar-refractivity contribution in [3.8, 4) is 11.5 Å². The van der Waals surface area contributed by atoms with Crippen LogP contribution in [0, 0.1) is 0 Å². The molecule has 3 aromatic rings. The molecule has 0 bridgehead atoms. The highest BCUT2D eigenvalue weighted by Gasteiger charge is 2.28. The van der Waals surface area contributed by atoms with Crippen LogP contribution in [0.1, 0.15) is 22.3 Å². The molecule has 2 aromatic carbocycles. The standard InChI is InChI=1S/C18H18N4O2S/c1-23-14-9-8-13(11-15(14)24-2)17-21-22-16(19-20-18(22)25-17)10-12-6-4-3-5-7-12/h3-9,11,17,21H,10H2,1-2H3. The Balaban J connectivity index is 1.56. The van der Waals surface area contributed by atoms with Crippen LogP contribution in [-0.4, -0.2) is 29.1 Å². The van der Waals surface area contributed by atoms with Gasteiger partial charge in [0, 0.05) is 6.42 Å². The molecular weight excluding hydrogens is 336 g/mol. The van der Waals surface area contributed by atoms with Crippen LogP contribution in [0.4, 0.5) is 0 Å². The Kier molecular flexibility index (Phi) is 4.23. The van der Waals surface area contributed by atoms with E-state index < -0.39 is 0 Å². The quantitative estimate of drug-likeness (QED) is 0.759. The Morgan fingerprint density at radius 1 is 1.04 bits per heavy atom. The van der Waals surface area contributed by atoms with Crippen molar-refractivity contribution < 1.29 is 9.47 Å². The molecule has 1 aromatic heterocycles. The second-order valence-electron chi connectivity index (χ2n) is 5.64. The van der Waals surface area contributed by atoms with Crippen molar-refractivity contribution in [2.75, 3.05) is 19.6 Å². The number of hydrogen-bond donors (Lipinski definition) is 1. The average molecular weight is 354 g/mol. The summed E-state index contributed by atoms with van der Waals surface area (Å²) in [7, 11) is 3.28. The topological polar surface area (TPSA) is 61.2 Å². The molecule has 2 heterocycles. The van der Waals surface area contributed by atoms with Gasteiger partial charge in [-0.25, -0.2) is 4.68 Å². The first-order chi connectivity index (χ1) is 12.3. The molecule has 25 heavy (non-hydrogen) atoms. The highest BCUT2D eigenvalue weighted by Crippen LogP contribution is 2.41. The van der Waals surface area contributed by atoms with E-state index >= 15 is 0 Å². The van der Waals surface area contributed by atoms with E-state index in [9.17, 15) is 0 Å². The van der Waals surface area contributed by atoms with Crippen molar-refractivity contribution in [1.29, 1.82) is 0 Å². The Bertz CT molecular complexity index is 882. The van der Waals surface area contributed by atoms with E-state index in [2.05, 4.69) is 27.8 Å². The van der Waals surface area contributed by atoms with Gasteiger partial charge < -0.3 is 14.9 Å². The van der Waals surface area contributed by atoms with Gasteiger partial charge in [0.05, 0.1) is 14.2 Å². The Morgan fingerprint density at radius 3 is 2.60 bits per heavy atom. The van der Waals surface area contributed by atoms with Crippen molar-refractivity contribution in [2.24, 2.45) is 0 Å². The van der Waals surface area contributed by atoms with Crippen LogP contribution in [0.2, 0.25) is 0 Å². The summed E-state index contributed by atoms with van der Waals surface area (Å²) in [6, 6.07) is 16.2. The number of hydrogen-bond acceptors (Lipinski definition) is 6. The summed E-state index contributed by atoms with van der Waals surface area (Å²) in [5.41, 5.74) is 5.77. The lowest BCUT2D eigenvalue weighted by Crippen LogP contribution is -2.16. The number of ether oxygens (including phenoxy) is 2. The average Bonchev–Trinajstić information content (AvgIpc) is 3.24. The summed E-state index contributed by atoms with van der Waals surface area (Å²) in [5.74, 6) is 2.34. The second kappa shape index (κ2) is 6.68. The smallest absolute Gasteiger partial charge is 0.212 e. The minimum absolute atomic E-state index is 0.0554. The fourth-order valence-corrected chi connectivity index (χ4v) is 3.81. The Morgan fingerprint density at radius 2 is 1.84 bits per heavy atom. The molecule has 0 saturated heterocycles. The molecule has 0 amide bonds. The highest BCUT2D eigenvalue weighted by molar-refractivity contribution is 7.99. The first kappa shape index (κ1) is 15.8. The summed E-state index contributed by atoms with van der Waals surface area (Å²) in [4.78, 5) is 0. The zero-order valence-corrected chi connectivity index (χ0v) is 14.8. The predicted octanol–water partition coefficient (Wildman–Crippen LogP) is 3.23. The third-order valence-corrected chi connectivity index (χ3v) is 5.17. The lowest BCUT2D eigenvalue weighted by Gasteiger charge is -2.15. The minimum Gasteiger partial charge on any atom is -0.493 e. The molecule has 1 N–H and O–H groups in total. The fraction of sp³-hybridized carbons (Fsp3) is 0.222. The van der Waals surface area contributed by atoms with Gasteiger partial charge in [-0.05, 0) is 23.3 Å². The first-order valence-corrected chi connectivity index (χ1v) is 8.80. The van der Waals surface area contributed by atoms with E-state index in [1.54, 1.807) is 26.0 Å². The number of fused-ring (bicyclic) bond motifs is 1. The molecule has 6 nitrogen and oxygen atoms in total. The van der Waals surface area contributed by atoms with Crippen LogP contribution in [0.5, 0.6) is 11.5 Å². The van der Waals surface area contributed by atoms with Crippen LogP contribution in [-0.2, 0) is 6.42 Å². The zero-order chi connectivity index (χ0) is 17.2. The van der Waals surface area contributed by atoms with Gasteiger partial charge in [0.2, 0.25) is 5.16 Å². The molecule has 1 aliphatic rings. The third-order valence-electron chi connectivity index (χ3n) is 4.09. The maximum absolute atomic E-state index is 5.40. The lowest BCUT2D eigenvalue weighted by molar-refractivity contribution is 0.354. The van der Waals surface area contributed by atoms with Crippen molar-refractivity contribution in [1.82, 2.24) is 14.9 Å². The van der Waals surface area contributed by atoms with Gasteiger partial charge in [0.1, 0.15) is 5.37 Å². The SMILES string of the molecule is COc1ccc(C2Nn3c(Cc4ccccc4)nnc3S2)cc1OC. The maximum Gasteiger partial charge on any atom is 0.212 e. The minimum atomic E-state index is 0.0554. The normalized spacial score (nSPS) is 15.5. The number of methoxy groups -OCH3 is 2. The van der Waals surface area contributed by atoms with Gasteiger partial charge in [0.25, 0.3) is 0 Å². The number of benzene rings is 2. The molecular formula is C18H18N4O2S. The molecule has 0 fully saturated rings. The van der Waals surface area contributed by atoms with Crippen LogP contribution in [0.25, 0.3) is 0 Å². The van der Waals surface area contributed by atoms with Gasteiger partial charge in [0.15, 0.2) is 17.3 Å². The fourth-order valence-electron chi connectivity index (χ4n) is 2.81. The van der Waals surface area contributed by atoms with Crippen LogP contribution in [0.15, 0.2) is 53.7 Å². The van der Waals surface area contributed by atoms with Crippen LogP contribution >= 0.6 is 11.8 Å². The van der Waals surface area contributed by atoms with Gasteiger partial charge >= 0.3 is 0 Å². The number of nitrogens with zero attached hydrogens (tertiary/aromatic N) is 3. The molecule has 0 saturated carbocycles. The van der Waals surface area contributed by atoms with E-state index in [-0.39, 0.29) is 5.37 Å². The van der Waals surface area contributed by atoms with Gasteiger partial charge in [-0.15, -0.1) is 10.2 Å². The summed E-state index contributed by atoms with van der Waals surface area (Å²) in [6.45, 7) is 0. The Labute approximate surface area is 150 Å². The summed E-state index contributed by atoms with van der Waals surface area (Å²) < 4.78 is 12.7. The zero-order valence-electron chi connectivity index (χ0n) is 14.0. The number of aromatic nitrogens is 3. The molecule has 7 heteroatoms. The third kappa shape index (κ3) is 3.02. The molecule has 1 atom stereocenters. The van der Waals surface area contributed by atoms with Gasteiger partial charge in [-0.1, -0.05) is 48.2 Å². The highest BCUT2D eigenvalue weighted by atomic mass is 32.2. The van der Waals surface area contributed by atoms with E-state index in [4.69, 9.17) is 9.47 Å². The second-order valence-corrected chi connectivity index (χ2v) is 6.71. The van der Waals surface area contributed by atoms with E-state index in [0.717, 1.165) is 34.5 Å². The predicted molar refractivity (Wildman–Crippen MR) is 96.8 cm³/mol. The van der Waals surface area contributed by atoms with E-state index in [0.29, 0.717) is 0 Å². The summed E-state index contributed by atoms with van der Waals surface area (Å²) >= 11 is 1.64. The number of thioether (sulfide) groups is 1. The van der Waals surface area contributed by atoms with Crippen molar-refractivity contribution in [2.45, 2.75) is 17.0 Å². The van der Waals surface area contributed by atoms with Gasteiger partial charge in [-0.3, -0.25) is 0 Å². The lowest BCUT2D eigenvalue weighted by atomic mass is 10.1. The summed E-state index contributed by atoms with van der Waals surface area (Å²) in [5, 5.41) is 9.53. The van der Waals surface area contributed by atoms with E-state index in [1.165, 1.54) is 5.56 Å². The summed E-state index contributed by atoms with van der Waals surface area (Å²) in [6.07, 6.45) is 0.736. The molecule has 1 aliphatic heterocycles. The van der Waals surface area contributed by atoms with Crippen molar-refractivity contribution in [3.05, 3.63) is 65.5 Å². The molecule has 1 unspecified atom stereocenters. The van der Waals surface area contributed by atoms with Crippen molar-refractivity contribution >= 4 is 11.8 Å². The maximum atomic E-state index is 5.40. The Hall–Kier alpha value is -2.67. The molecule has 0 aliphatic carbocycles. The molecule has 0 spiro atoms. The molecule has 0 radical (unpaired) electrons. The molecule has 4 rings (SSSR count). The van der Waals surface area contributed by atoms with E-state index in [1.807, 2.05) is 41.1 Å². The molecule has 128 valence electrons. The number of rotatable bonds is 5. The first-order valence-electron chi connectivity index (χ1n) is 7.92. The number of nitrogens with one attached hydrogen (secondary N) is 1.